The van der Waals surface area contributed by atoms with E-state index < -0.39 is 134 Å². The number of carbonyl (C=O) groups excluding carboxylic acids is 7. The van der Waals surface area contributed by atoms with E-state index in [9.17, 15) is 87.1 Å². The van der Waals surface area contributed by atoms with Gasteiger partial charge in [0.15, 0.2) is 0 Å². The van der Waals surface area contributed by atoms with Gasteiger partial charge < -0.3 is 87.5 Å². The molecular weight excluding hydrogens is 1180 g/mol. The number of rotatable bonds is 28. The van der Waals surface area contributed by atoms with Crippen molar-refractivity contribution in [3.63, 3.8) is 0 Å². The van der Waals surface area contributed by atoms with Crippen LogP contribution in [-0.2, 0) is 59.4 Å². The number of aromatic nitrogens is 3. The molecule has 11 amide bonds. The predicted molar refractivity (Wildman–Crippen MR) is 305 cm³/mol. The van der Waals surface area contributed by atoms with Gasteiger partial charge in [-0.25, -0.2) is 43.0 Å². The van der Waals surface area contributed by atoms with Crippen molar-refractivity contribution in [3.8, 4) is 0 Å². The summed E-state index contributed by atoms with van der Waals surface area (Å²) in [6, 6.07) is 6.49. The summed E-state index contributed by atoms with van der Waals surface area (Å²) in [4.78, 5) is 168. The lowest BCUT2D eigenvalue weighted by atomic mass is 10.1. The molecule has 3 heterocycles. The Kier molecular flexibility index (Phi) is 24.1. The number of nitrogens with zero attached hydrogens (tertiary/aromatic N) is 7. The second-order valence-corrected chi connectivity index (χ2v) is 20.4. The van der Waals surface area contributed by atoms with Gasteiger partial charge in [0.25, 0.3) is 11.8 Å². The third kappa shape index (κ3) is 20.9. The van der Waals surface area contributed by atoms with Gasteiger partial charge in [0, 0.05) is 112 Å². The first kappa shape index (κ1) is 67.2. The third-order valence-electron chi connectivity index (χ3n) is 13.9. The molecule has 3 aromatic carbocycles. The van der Waals surface area contributed by atoms with Gasteiger partial charge in [-0.3, -0.25) is 28.4 Å². The number of nitrogens with one attached hydrogen (secondary N) is 7. The van der Waals surface area contributed by atoms with Gasteiger partial charge in [-0.15, -0.1) is 5.10 Å². The second kappa shape index (κ2) is 32.0. The van der Waals surface area contributed by atoms with Crippen molar-refractivity contribution < 1.29 is 97.4 Å². The minimum Gasteiger partial charge on any atom is -0.481 e. The number of halogens is 1. The molecule has 4 atom stereocenters. The van der Waals surface area contributed by atoms with Crippen LogP contribution in [0.15, 0.2) is 72.9 Å². The van der Waals surface area contributed by atoms with Crippen LogP contribution >= 0.6 is 0 Å². The van der Waals surface area contributed by atoms with Crippen molar-refractivity contribution in [1.29, 1.82) is 0 Å². The van der Waals surface area contributed by atoms with E-state index in [0.717, 1.165) is 0 Å². The van der Waals surface area contributed by atoms with Crippen molar-refractivity contribution in [2.75, 3.05) is 75.0 Å². The van der Waals surface area contributed by atoms with Gasteiger partial charge in [0.1, 0.15) is 30.7 Å². The zero-order valence-electron chi connectivity index (χ0n) is 47.5. The molecule has 2 aliphatic heterocycles. The van der Waals surface area contributed by atoms with Crippen LogP contribution in [0.25, 0.3) is 0 Å². The summed E-state index contributed by atoms with van der Waals surface area (Å²) in [5, 5.41) is 80.4. The fourth-order valence-corrected chi connectivity index (χ4v) is 9.15. The molecule has 6 rings (SSSR count). The van der Waals surface area contributed by atoms with Crippen LogP contribution in [0.1, 0.15) is 69.6 Å². The molecule has 34 heteroatoms. The Morgan fingerprint density at radius 3 is 1.24 bits per heavy atom. The third-order valence-corrected chi connectivity index (χ3v) is 13.9. The molecule has 2 saturated heterocycles. The lowest BCUT2D eigenvalue weighted by Crippen LogP contribution is -2.52. The van der Waals surface area contributed by atoms with E-state index in [2.05, 4.69) is 47.5 Å². The van der Waals surface area contributed by atoms with Crippen LogP contribution in [-0.4, -0.2) is 226 Å². The summed E-state index contributed by atoms with van der Waals surface area (Å²) >= 11 is 0. The first-order chi connectivity index (χ1) is 42.3. The normalized spacial score (nSPS) is 14.3. The number of amides is 11. The highest BCUT2D eigenvalue weighted by atomic mass is 19.1. The van der Waals surface area contributed by atoms with Crippen molar-refractivity contribution in [2.24, 2.45) is 0 Å². The van der Waals surface area contributed by atoms with Gasteiger partial charge in [0.05, 0.1) is 12.4 Å². The van der Waals surface area contributed by atoms with E-state index in [1.54, 1.807) is 0 Å². The zero-order chi connectivity index (χ0) is 64.9. The molecule has 13 N–H and O–H groups in total. The summed E-state index contributed by atoms with van der Waals surface area (Å²) in [5.41, 5.74) is 2.01. The number of alkyl halides is 1. The Balaban J connectivity index is 1.04. The van der Waals surface area contributed by atoms with Gasteiger partial charge in [0.2, 0.25) is 5.91 Å². The molecule has 4 aromatic rings. The van der Waals surface area contributed by atoms with E-state index in [0.29, 0.717) is 34.6 Å². The lowest BCUT2D eigenvalue weighted by molar-refractivity contribution is -0.142. The Bertz CT molecular complexity index is 3100. The molecule has 4 unspecified atom stereocenters. The van der Waals surface area contributed by atoms with Crippen LogP contribution in [0.3, 0.4) is 0 Å². The molecule has 33 nitrogen and oxygen atoms in total. The van der Waals surface area contributed by atoms with Gasteiger partial charge in [-0.1, -0.05) is 29.5 Å². The van der Waals surface area contributed by atoms with Crippen molar-refractivity contribution in [2.45, 2.75) is 82.1 Å². The molecule has 2 fully saturated rings. The number of piperazine rings is 2. The number of hydrogen-bond donors (Lipinski definition) is 13. The molecule has 0 saturated carbocycles. The summed E-state index contributed by atoms with van der Waals surface area (Å²) in [6.07, 6.45) is -0.520. The number of carboxylic acid groups (broad SMARTS) is 6. The average Bonchev–Trinajstić information content (AvgIpc) is 1.97. The summed E-state index contributed by atoms with van der Waals surface area (Å²) < 4.78 is 14.0. The highest BCUT2D eigenvalue weighted by molar-refractivity contribution is 6.03. The fourth-order valence-electron chi connectivity index (χ4n) is 9.15. The first-order valence-corrected chi connectivity index (χ1v) is 27.6. The average molecular weight is 1250 g/mol. The van der Waals surface area contributed by atoms with Gasteiger partial charge in [-0.2, -0.15) is 0 Å². The number of carboxylic acids is 6. The van der Waals surface area contributed by atoms with E-state index in [1.165, 1.54) is 97.2 Å². The van der Waals surface area contributed by atoms with Crippen LogP contribution in [0.4, 0.5) is 40.6 Å². The lowest BCUT2D eigenvalue weighted by Gasteiger charge is -2.35. The Labute approximate surface area is 504 Å². The molecule has 89 heavy (non-hydrogen) atoms. The fraction of sp³-hybridized carbons (Fsp3) is 0.400. The maximum atomic E-state index is 14.2. The topological polar surface area (TPSA) is 471 Å². The van der Waals surface area contributed by atoms with E-state index in [1.807, 2.05) is 0 Å². The van der Waals surface area contributed by atoms with Crippen LogP contribution in [0.2, 0.25) is 0 Å². The minimum absolute atomic E-state index is 0.0164. The maximum absolute atomic E-state index is 14.2. The number of benzene rings is 3. The highest BCUT2D eigenvalue weighted by Crippen LogP contribution is 2.22. The first-order valence-electron chi connectivity index (χ1n) is 27.6. The molecule has 476 valence electrons. The molecule has 2 aliphatic rings. The molecule has 0 aliphatic carbocycles. The van der Waals surface area contributed by atoms with E-state index >= 15 is 0 Å². The summed E-state index contributed by atoms with van der Waals surface area (Å²) in [6.45, 7) is -0.482. The second-order valence-electron chi connectivity index (χ2n) is 20.4. The monoisotopic (exact) mass is 1240 g/mol. The number of carbonyl (C=O) groups is 13. The minimum atomic E-state index is -1.59. The summed E-state index contributed by atoms with van der Waals surface area (Å²) in [5.74, 6) is -10.2. The quantitative estimate of drug-likeness (QED) is 0.0377. The number of anilines is 3. The number of aryl methyl sites for hydroxylation is 1. The van der Waals surface area contributed by atoms with Crippen molar-refractivity contribution >= 4 is 94.7 Å². The van der Waals surface area contributed by atoms with E-state index in [-0.39, 0.29) is 95.0 Å². The zero-order valence-corrected chi connectivity index (χ0v) is 47.5. The standard InChI is InChI=1S/C55H65FN14O19/c56-15-1-2-37-29-70(65-64-37)30-43(71)57-38-27-33(46(76)66-16-20-68(21-17-66)54(88)58-35-7-3-31(4-8-35)24-41(50(82)83)62-52(86)60-39(48(78)79)11-13-44(72)73)26-34(28-38)47(77)67-18-22-69(23-19-67)55(89)59-36-9-5-32(6-10-36)25-42(51(84)85)63-53(87)61-40(49(80)81)12-14-45(74)75/h3-10,26-29,39-42H,1-2,11-25,30H2,(H,57,71)(H,58,88)(H,59,89)(H,72,73)(H,74,75)(H,78,79)(H,80,81)(H,82,83)(H,84,85)(H2,60,62,86)(H2,61,63,87). The van der Waals surface area contributed by atoms with Crippen LogP contribution < -0.4 is 37.2 Å². The maximum Gasteiger partial charge on any atom is 0.326 e. The van der Waals surface area contributed by atoms with Crippen molar-refractivity contribution in [1.82, 2.24) is 55.9 Å². The number of aliphatic carboxylic acids is 6. The SMILES string of the molecule is O=C(O)CCC(NC(=O)NC(Cc1ccc(NC(=O)N2CCN(C(=O)c3cc(NC(=O)Cn4cc(CCCF)nn4)cc(C(=O)N4CCN(C(=O)Nc5ccc(CC(NC(=O)NC(CCC(=O)O)C(=O)O)C(=O)O)cc5)CC4)c3)CC2)cc1)C(=O)O)C(=O)O. The van der Waals surface area contributed by atoms with Crippen molar-refractivity contribution in [3.05, 3.63) is 101 Å². The van der Waals surface area contributed by atoms with E-state index in [4.69, 9.17) is 10.2 Å². The Hall–Kier alpha value is -11.0. The summed E-state index contributed by atoms with van der Waals surface area (Å²) in [7, 11) is 0. The molecule has 0 spiro atoms. The molecule has 0 radical (unpaired) electrons. The van der Waals surface area contributed by atoms with Crippen LogP contribution in [0, 0.1) is 0 Å². The van der Waals surface area contributed by atoms with Gasteiger partial charge >= 0.3 is 59.9 Å². The predicted octanol–water partition coefficient (Wildman–Crippen LogP) is 1.02. The smallest absolute Gasteiger partial charge is 0.326 e. The van der Waals surface area contributed by atoms with Gasteiger partial charge in [-0.05, 0) is 79.3 Å². The molecule has 1 aromatic heterocycles. The largest absolute Gasteiger partial charge is 0.481 e. The number of urea groups is 4. The highest BCUT2D eigenvalue weighted by Gasteiger charge is 2.31. The Morgan fingerprint density at radius 1 is 0.483 bits per heavy atom. The molecule has 0 bridgehead atoms. The number of hydrogen-bond acceptors (Lipinski definition) is 15. The van der Waals surface area contributed by atoms with Crippen LogP contribution in [0.5, 0.6) is 0 Å². The molecular formula is C55H65FN14O19. The Morgan fingerprint density at radius 2 is 0.865 bits per heavy atom.